The maximum Gasteiger partial charge on any atom is 0.223 e. The van der Waals surface area contributed by atoms with Crippen molar-refractivity contribution in [2.45, 2.75) is 44.9 Å². The Morgan fingerprint density at radius 1 is 1.12 bits per heavy atom. The molecule has 0 radical (unpaired) electrons. The van der Waals surface area contributed by atoms with Gasteiger partial charge >= 0.3 is 0 Å². The van der Waals surface area contributed by atoms with E-state index in [1.54, 1.807) is 31.4 Å². The second kappa shape index (κ2) is 11.4. The minimum absolute atomic E-state index is 0.0142. The summed E-state index contributed by atoms with van der Waals surface area (Å²) in [5.74, 6) is 0.842. The monoisotopic (exact) mass is 492 g/mol. The van der Waals surface area contributed by atoms with Crippen LogP contribution >= 0.6 is 11.6 Å². The molecule has 1 fully saturated rings. The number of nitrogens with zero attached hydrogens (tertiary/aromatic N) is 1. The van der Waals surface area contributed by atoms with Crippen molar-refractivity contribution in [3.63, 3.8) is 0 Å². The number of carbonyl (C=O) groups is 1. The second-order valence-electron chi connectivity index (χ2n) is 8.98. The van der Waals surface area contributed by atoms with Gasteiger partial charge in [0.15, 0.2) is 0 Å². The number of nitrogens with one attached hydrogen (secondary N) is 1. The first-order valence-corrected chi connectivity index (χ1v) is 13.3. The van der Waals surface area contributed by atoms with Crippen molar-refractivity contribution < 1.29 is 17.9 Å². The summed E-state index contributed by atoms with van der Waals surface area (Å²) in [4.78, 5) is 13.1. The predicted molar refractivity (Wildman–Crippen MR) is 132 cm³/mol. The molecule has 1 N–H and O–H groups in total. The van der Waals surface area contributed by atoms with Gasteiger partial charge in [-0.3, -0.25) is 4.79 Å². The highest BCUT2D eigenvalue weighted by atomic mass is 35.5. The molecule has 6 nitrogen and oxygen atoms in total. The molecule has 0 aliphatic carbocycles. The third kappa shape index (κ3) is 6.95. The molecule has 1 aliphatic heterocycles. The molecular weight excluding hydrogens is 460 g/mol. The van der Waals surface area contributed by atoms with Gasteiger partial charge < -0.3 is 10.1 Å². The van der Waals surface area contributed by atoms with Crippen molar-refractivity contribution in [1.82, 2.24) is 9.62 Å². The number of piperidine rings is 1. The molecule has 0 unspecified atom stereocenters. The number of rotatable bonds is 9. The Hall–Kier alpha value is -2.09. The van der Waals surface area contributed by atoms with Crippen LogP contribution in [0.5, 0.6) is 5.75 Å². The molecule has 1 atom stereocenters. The van der Waals surface area contributed by atoms with Crippen molar-refractivity contribution in [2.24, 2.45) is 11.8 Å². The van der Waals surface area contributed by atoms with Crippen molar-refractivity contribution in [1.29, 1.82) is 0 Å². The summed E-state index contributed by atoms with van der Waals surface area (Å²) in [7, 11) is -1.86. The Kier molecular flexibility index (Phi) is 8.79. The van der Waals surface area contributed by atoms with E-state index >= 15 is 0 Å². The molecule has 180 valence electrons. The predicted octanol–water partition coefficient (Wildman–Crippen LogP) is 4.79. The van der Waals surface area contributed by atoms with Crippen LogP contribution < -0.4 is 10.1 Å². The number of benzene rings is 2. The zero-order valence-corrected chi connectivity index (χ0v) is 21.0. The molecule has 1 saturated heterocycles. The number of methoxy groups -OCH3 is 1. The van der Waals surface area contributed by atoms with Gasteiger partial charge in [0.2, 0.25) is 15.9 Å². The standard InChI is InChI=1S/C25H33ClN2O4S/c1-18(2)16-24(19-8-10-22(32-3)11-9-19)27-25(29)20-12-14-28(15-13-20)33(30,31)17-21-6-4-5-7-23(21)26/h4-11,18,20,24H,12-17H2,1-3H3,(H,27,29)/t24-/m0/s1. The lowest BCUT2D eigenvalue weighted by atomic mass is 9.93. The summed E-state index contributed by atoms with van der Waals surface area (Å²) >= 11 is 6.14. The first-order valence-electron chi connectivity index (χ1n) is 11.3. The first-order chi connectivity index (χ1) is 15.7. The minimum atomic E-state index is -3.49. The smallest absolute Gasteiger partial charge is 0.223 e. The summed E-state index contributed by atoms with van der Waals surface area (Å²) in [6, 6.07) is 14.7. The molecule has 1 aliphatic rings. The largest absolute Gasteiger partial charge is 0.497 e. The summed E-state index contributed by atoms with van der Waals surface area (Å²) < 4.78 is 32.5. The lowest BCUT2D eigenvalue weighted by Crippen LogP contribution is -2.44. The fourth-order valence-electron chi connectivity index (χ4n) is 4.17. The number of amides is 1. The number of hydrogen-bond donors (Lipinski definition) is 1. The molecular formula is C25H33ClN2O4S. The highest BCUT2D eigenvalue weighted by molar-refractivity contribution is 7.88. The average molecular weight is 493 g/mol. The van der Waals surface area contributed by atoms with E-state index in [1.165, 1.54) is 4.31 Å². The third-order valence-corrected chi connectivity index (χ3v) is 8.25. The number of hydrogen-bond acceptors (Lipinski definition) is 4. The van der Waals surface area contributed by atoms with E-state index in [1.807, 2.05) is 24.3 Å². The van der Waals surface area contributed by atoms with Gasteiger partial charge in [0.05, 0.1) is 18.9 Å². The molecule has 8 heteroatoms. The van der Waals surface area contributed by atoms with Crippen LogP contribution in [-0.4, -0.2) is 38.8 Å². The third-order valence-electron chi connectivity index (χ3n) is 6.06. The van der Waals surface area contributed by atoms with Crippen LogP contribution in [0.15, 0.2) is 48.5 Å². The van der Waals surface area contributed by atoms with Crippen molar-refractivity contribution in [3.8, 4) is 5.75 Å². The maximum atomic E-state index is 13.1. The van der Waals surface area contributed by atoms with E-state index in [0.29, 0.717) is 42.4 Å². The van der Waals surface area contributed by atoms with E-state index < -0.39 is 10.0 Å². The van der Waals surface area contributed by atoms with Gasteiger partial charge in [0, 0.05) is 24.0 Å². The van der Waals surface area contributed by atoms with Gasteiger partial charge in [0.25, 0.3) is 0 Å². The number of halogens is 1. The van der Waals surface area contributed by atoms with Crippen LogP contribution in [0, 0.1) is 11.8 Å². The van der Waals surface area contributed by atoms with Gasteiger partial charge in [-0.05, 0) is 54.5 Å². The average Bonchev–Trinajstić information content (AvgIpc) is 2.80. The first kappa shape index (κ1) is 25.5. The number of sulfonamides is 1. The summed E-state index contributed by atoms with van der Waals surface area (Å²) in [5.41, 5.74) is 1.63. The van der Waals surface area contributed by atoms with Gasteiger partial charge in [-0.15, -0.1) is 0 Å². The van der Waals surface area contributed by atoms with Crippen LogP contribution in [0.25, 0.3) is 0 Å². The van der Waals surface area contributed by atoms with Gasteiger partial charge in [-0.2, -0.15) is 0 Å². The van der Waals surface area contributed by atoms with Crippen LogP contribution in [0.4, 0.5) is 0 Å². The second-order valence-corrected chi connectivity index (χ2v) is 11.4. The van der Waals surface area contributed by atoms with Crippen LogP contribution in [0.2, 0.25) is 5.02 Å². The number of ether oxygens (including phenoxy) is 1. The molecule has 2 aromatic rings. The lowest BCUT2D eigenvalue weighted by Gasteiger charge is -2.32. The Balaban J connectivity index is 1.60. The zero-order chi connectivity index (χ0) is 24.0. The molecule has 1 amide bonds. The van der Waals surface area contributed by atoms with E-state index in [4.69, 9.17) is 16.3 Å². The molecule has 1 heterocycles. The van der Waals surface area contributed by atoms with Gasteiger partial charge in [-0.25, -0.2) is 12.7 Å². The van der Waals surface area contributed by atoms with Crippen LogP contribution in [0.3, 0.4) is 0 Å². The molecule has 0 saturated carbocycles. The highest BCUT2D eigenvalue weighted by Crippen LogP contribution is 2.27. The number of carbonyl (C=O) groups excluding carboxylic acids is 1. The SMILES string of the molecule is COc1ccc([C@H](CC(C)C)NC(=O)C2CCN(S(=O)(=O)Cc3ccccc3Cl)CC2)cc1. The minimum Gasteiger partial charge on any atom is -0.497 e. The summed E-state index contributed by atoms with van der Waals surface area (Å²) in [6.07, 6.45) is 1.83. The topological polar surface area (TPSA) is 75.7 Å². The lowest BCUT2D eigenvalue weighted by molar-refractivity contribution is -0.127. The quantitative estimate of drug-likeness (QED) is 0.545. The Morgan fingerprint density at radius 3 is 2.33 bits per heavy atom. The van der Waals surface area contributed by atoms with E-state index in [0.717, 1.165) is 17.7 Å². The molecule has 33 heavy (non-hydrogen) atoms. The Morgan fingerprint density at radius 2 is 1.76 bits per heavy atom. The zero-order valence-electron chi connectivity index (χ0n) is 19.5. The molecule has 3 rings (SSSR count). The molecule has 2 aromatic carbocycles. The fraction of sp³-hybridized carbons (Fsp3) is 0.480. The van der Waals surface area contributed by atoms with E-state index in [-0.39, 0.29) is 23.6 Å². The normalized spacial score (nSPS) is 16.5. The van der Waals surface area contributed by atoms with Crippen LogP contribution in [-0.2, 0) is 20.6 Å². The molecule has 0 spiro atoms. The van der Waals surface area contributed by atoms with Crippen LogP contribution in [0.1, 0.15) is 50.3 Å². The Labute approximate surface area is 202 Å². The molecule has 0 aromatic heterocycles. The highest BCUT2D eigenvalue weighted by Gasteiger charge is 2.32. The van der Waals surface area contributed by atoms with Gasteiger partial charge in [-0.1, -0.05) is 55.8 Å². The van der Waals surface area contributed by atoms with E-state index in [2.05, 4.69) is 19.2 Å². The van der Waals surface area contributed by atoms with Crippen molar-refractivity contribution in [2.75, 3.05) is 20.2 Å². The van der Waals surface area contributed by atoms with E-state index in [9.17, 15) is 13.2 Å². The maximum absolute atomic E-state index is 13.1. The van der Waals surface area contributed by atoms with Gasteiger partial charge in [0.1, 0.15) is 5.75 Å². The summed E-state index contributed by atoms with van der Waals surface area (Å²) in [6.45, 7) is 4.93. The van der Waals surface area contributed by atoms with Crippen molar-refractivity contribution >= 4 is 27.5 Å². The van der Waals surface area contributed by atoms with Crippen molar-refractivity contribution in [3.05, 3.63) is 64.7 Å². The Bertz CT molecular complexity index is 1030. The molecule has 0 bridgehead atoms. The fourth-order valence-corrected chi connectivity index (χ4v) is 6.05. The summed E-state index contributed by atoms with van der Waals surface area (Å²) in [5, 5.41) is 3.66.